The molecule has 12 nitrogen and oxygen atoms in total. The average Bonchev–Trinajstić information content (AvgIpc) is 3.57. The highest BCUT2D eigenvalue weighted by molar-refractivity contribution is 6.04. The van der Waals surface area contributed by atoms with Crippen LogP contribution in [-0.2, 0) is 6.54 Å². The lowest BCUT2D eigenvalue weighted by molar-refractivity contribution is 0.102. The molecule has 3 heterocycles. The molecule has 0 spiro atoms. The predicted octanol–water partition coefficient (Wildman–Crippen LogP) is 5.63. The summed E-state index contributed by atoms with van der Waals surface area (Å²) < 4.78 is 18.6. The van der Waals surface area contributed by atoms with Gasteiger partial charge in [0.25, 0.3) is 5.91 Å². The number of rotatable bonds is 12. The van der Waals surface area contributed by atoms with E-state index in [9.17, 15) is 4.79 Å². The number of fused-ring (bicyclic) bond motifs is 1. The number of aryl methyl sites for hydroxylation is 1. The number of pyridine rings is 1. The van der Waals surface area contributed by atoms with E-state index in [2.05, 4.69) is 58.2 Å². The number of nitrogens with two attached hydrogens (primary N) is 1. The minimum absolute atomic E-state index is 0.160. The highest BCUT2D eigenvalue weighted by Crippen LogP contribution is 2.30. The highest BCUT2D eigenvalue weighted by Gasteiger charge is 2.19. The van der Waals surface area contributed by atoms with E-state index >= 15 is 0 Å². The predicted molar refractivity (Wildman–Crippen MR) is 164 cm³/mol. The van der Waals surface area contributed by atoms with Crippen LogP contribution in [0, 0.1) is 0 Å². The van der Waals surface area contributed by atoms with Crippen molar-refractivity contribution in [2.75, 3.05) is 24.2 Å². The molecule has 0 bridgehead atoms. The van der Waals surface area contributed by atoms with Crippen LogP contribution in [0.3, 0.4) is 0 Å². The second kappa shape index (κ2) is 12.9. The lowest BCUT2D eigenvalue weighted by Gasteiger charge is -2.30. The van der Waals surface area contributed by atoms with Gasteiger partial charge in [-0.3, -0.25) is 9.69 Å². The third-order valence-corrected chi connectivity index (χ3v) is 7.03. The zero-order chi connectivity index (χ0) is 30.5. The molecule has 0 saturated heterocycles. The Morgan fingerprint density at radius 3 is 2.49 bits per heavy atom. The highest BCUT2D eigenvalue weighted by atomic mass is 16.6. The number of ether oxygens (including phenoxy) is 2. The summed E-state index contributed by atoms with van der Waals surface area (Å²) in [6.07, 6.45) is 1.62. The van der Waals surface area contributed by atoms with Crippen LogP contribution in [0.25, 0.3) is 22.6 Å². The van der Waals surface area contributed by atoms with Crippen LogP contribution in [0.1, 0.15) is 45.0 Å². The number of hydrogen-bond acceptors (Lipinski definition) is 10. The van der Waals surface area contributed by atoms with Crippen molar-refractivity contribution in [2.45, 2.75) is 53.2 Å². The van der Waals surface area contributed by atoms with Gasteiger partial charge < -0.3 is 25.1 Å². The smallest absolute Gasteiger partial charge is 0.255 e. The first-order chi connectivity index (χ1) is 20.7. The quantitative estimate of drug-likeness (QED) is 0.189. The lowest BCUT2D eigenvalue weighted by atomic mass is 10.2. The first-order valence-corrected chi connectivity index (χ1v) is 14.3. The maximum atomic E-state index is 12.9. The largest absolute Gasteiger partial charge is 0.492 e. The normalized spacial score (nSPS) is 11.5. The fourth-order valence-electron chi connectivity index (χ4n) is 4.96. The van der Waals surface area contributed by atoms with Crippen LogP contribution in [0.4, 0.5) is 11.5 Å². The summed E-state index contributed by atoms with van der Waals surface area (Å²) in [7, 11) is 0. The van der Waals surface area contributed by atoms with Crippen molar-refractivity contribution in [1.29, 1.82) is 0 Å². The van der Waals surface area contributed by atoms with Gasteiger partial charge in [0, 0.05) is 48.6 Å². The summed E-state index contributed by atoms with van der Waals surface area (Å²) in [5, 5.41) is 10.5. The second-order valence-electron chi connectivity index (χ2n) is 10.6. The van der Waals surface area contributed by atoms with Crippen LogP contribution in [0.15, 0.2) is 65.4 Å². The van der Waals surface area contributed by atoms with Gasteiger partial charge >= 0.3 is 0 Å². The third-order valence-electron chi connectivity index (χ3n) is 7.03. The van der Waals surface area contributed by atoms with Crippen LogP contribution in [0.2, 0.25) is 0 Å². The topological polar surface area (TPSA) is 146 Å². The van der Waals surface area contributed by atoms with E-state index in [0.717, 1.165) is 17.8 Å². The lowest BCUT2D eigenvalue weighted by Crippen LogP contribution is -2.39. The summed E-state index contributed by atoms with van der Waals surface area (Å²) in [6.45, 7) is 12.7. The number of nitrogens with one attached hydrogen (secondary N) is 1. The maximum absolute atomic E-state index is 12.9. The van der Waals surface area contributed by atoms with E-state index in [1.54, 1.807) is 48.7 Å². The molecule has 0 aliphatic heterocycles. The Morgan fingerprint density at radius 1 is 1.05 bits per heavy atom. The molecule has 224 valence electrons. The molecule has 5 aromatic rings. The van der Waals surface area contributed by atoms with Gasteiger partial charge in [0.05, 0.1) is 11.7 Å². The molecule has 0 aliphatic carbocycles. The van der Waals surface area contributed by atoms with Crippen molar-refractivity contribution in [2.24, 2.45) is 0 Å². The number of nitrogen functional groups attached to an aromatic ring is 1. The monoisotopic (exact) mass is 584 g/mol. The van der Waals surface area contributed by atoms with Crippen molar-refractivity contribution in [3.8, 4) is 28.9 Å². The molecular weight excluding hydrogens is 548 g/mol. The Balaban J connectivity index is 1.23. The molecule has 12 heteroatoms. The van der Waals surface area contributed by atoms with Gasteiger partial charge in [0.1, 0.15) is 23.6 Å². The molecule has 3 N–H and O–H groups in total. The van der Waals surface area contributed by atoms with Crippen LogP contribution >= 0.6 is 0 Å². The Morgan fingerprint density at radius 2 is 1.81 bits per heavy atom. The van der Waals surface area contributed by atoms with Crippen molar-refractivity contribution in [1.82, 2.24) is 29.7 Å². The van der Waals surface area contributed by atoms with Crippen LogP contribution in [-0.4, -0.2) is 60.9 Å². The fourth-order valence-corrected chi connectivity index (χ4v) is 4.96. The molecule has 3 aromatic heterocycles. The Labute approximate surface area is 249 Å². The first kappa shape index (κ1) is 29.5. The van der Waals surface area contributed by atoms with E-state index in [1.165, 1.54) is 0 Å². The minimum atomic E-state index is -0.241. The van der Waals surface area contributed by atoms with Gasteiger partial charge in [0.15, 0.2) is 17.3 Å². The number of aromatic nitrogens is 5. The summed E-state index contributed by atoms with van der Waals surface area (Å²) in [6, 6.07) is 16.9. The van der Waals surface area contributed by atoms with E-state index in [1.807, 2.05) is 23.6 Å². The molecule has 1 amide bonds. The number of anilines is 2. The standard InChI is InChI=1S/C31H36N8O4/c1-6-38-26-17-27(33-18-25(26)35-30(38)28-29(32)37-43-36-28)42-24-9-7-8-22(16-24)34-31(40)21-10-12-23(13-11-21)41-15-14-39(19(2)3)20(4)5/h7-13,16-20H,6,14-15H2,1-5H3,(H2,32,37)(H,34,40). The zero-order valence-electron chi connectivity index (χ0n) is 24.9. The number of nitrogens with zero attached hydrogens (tertiary/aromatic N) is 6. The fraction of sp³-hybridized carbons (Fsp3) is 0.323. The Kier molecular flexibility index (Phi) is 8.86. The van der Waals surface area contributed by atoms with Gasteiger partial charge in [-0.25, -0.2) is 14.6 Å². The maximum Gasteiger partial charge on any atom is 0.255 e. The Bertz CT molecular complexity index is 1690. The molecule has 5 rings (SSSR count). The van der Waals surface area contributed by atoms with Crippen molar-refractivity contribution < 1.29 is 18.9 Å². The van der Waals surface area contributed by atoms with Gasteiger partial charge in [-0.15, -0.1) is 0 Å². The molecular formula is C31H36N8O4. The number of hydrogen-bond donors (Lipinski definition) is 2. The van der Waals surface area contributed by atoms with Crippen LogP contribution < -0.4 is 20.5 Å². The van der Waals surface area contributed by atoms with E-state index in [4.69, 9.17) is 19.8 Å². The Hall–Kier alpha value is -4.97. The second-order valence-corrected chi connectivity index (χ2v) is 10.6. The van der Waals surface area contributed by atoms with Crippen LogP contribution in [0.5, 0.6) is 17.4 Å². The van der Waals surface area contributed by atoms with Crippen molar-refractivity contribution in [3.05, 3.63) is 66.4 Å². The first-order valence-electron chi connectivity index (χ1n) is 14.3. The van der Waals surface area contributed by atoms with E-state index < -0.39 is 0 Å². The summed E-state index contributed by atoms with van der Waals surface area (Å²) in [5.74, 6) is 2.05. The van der Waals surface area contributed by atoms with Gasteiger partial charge in [0.2, 0.25) is 5.88 Å². The number of carbonyl (C=O) groups excluding carboxylic acids is 1. The molecule has 0 aliphatic rings. The summed E-state index contributed by atoms with van der Waals surface area (Å²) in [5.41, 5.74) is 8.80. The molecule has 0 saturated carbocycles. The molecule has 2 aromatic carbocycles. The summed E-state index contributed by atoms with van der Waals surface area (Å²) in [4.78, 5) is 24.3. The molecule has 0 radical (unpaired) electrons. The zero-order valence-corrected chi connectivity index (χ0v) is 24.9. The number of carbonyl (C=O) groups is 1. The number of benzene rings is 2. The van der Waals surface area contributed by atoms with Crippen molar-refractivity contribution >= 4 is 28.4 Å². The summed E-state index contributed by atoms with van der Waals surface area (Å²) >= 11 is 0. The van der Waals surface area contributed by atoms with Gasteiger partial charge in [-0.05, 0) is 81.3 Å². The van der Waals surface area contributed by atoms with Crippen molar-refractivity contribution in [3.63, 3.8) is 0 Å². The molecule has 0 atom stereocenters. The van der Waals surface area contributed by atoms with Gasteiger partial charge in [-0.1, -0.05) is 6.07 Å². The van der Waals surface area contributed by atoms with E-state index in [0.29, 0.717) is 65.2 Å². The third kappa shape index (κ3) is 6.75. The molecule has 0 unspecified atom stereocenters. The van der Waals surface area contributed by atoms with E-state index in [-0.39, 0.29) is 11.7 Å². The molecule has 43 heavy (non-hydrogen) atoms. The average molecular weight is 585 g/mol. The van der Waals surface area contributed by atoms with Gasteiger partial charge in [-0.2, -0.15) is 0 Å². The SMILES string of the molecule is CCn1c(-c2nonc2N)nc2cnc(Oc3cccc(NC(=O)c4ccc(OCCN(C(C)C)C(C)C)cc4)c3)cc21. The number of amides is 1. The molecule has 0 fully saturated rings. The minimum Gasteiger partial charge on any atom is -0.492 e. The number of imidazole rings is 1.